The molecular formula is C18H16N4O2. The van der Waals surface area contributed by atoms with Crippen LogP contribution >= 0.6 is 0 Å². The lowest BCUT2D eigenvalue weighted by atomic mass is 10.1. The summed E-state index contributed by atoms with van der Waals surface area (Å²) in [5, 5.41) is 12.3. The van der Waals surface area contributed by atoms with Crippen molar-refractivity contribution < 1.29 is 9.53 Å². The minimum atomic E-state index is -0.538. The standard InChI is InChI=1S/C18H16N4O2/c1-22-11-17(15-7-6-14(20)8-16(15)22)24-18(23)21-10-13-4-2-12(9-19)3-5-13/h2-8,11H,10,20H2,1H3,(H,21,23). The molecule has 3 aromatic rings. The quantitative estimate of drug-likeness (QED) is 0.726. The van der Waals surface area contributed by atoms with E-state index in [1.807, 2.05) is 23.7 Å². The Morgan fingerprint density at radius 3 is 2.75 bits per heavy atom. The number of rotatable bonds is 3. The van der Waals surface area contributed by atoms with Crippen LogP contribution in [0.5, 0.6) is 5.75 Å². The molecule has 1 aromatic heterocycles. The second kappa shape index (κ2) is 6.34. The third-order valence-corrected chi connectivity index (χ3v) is 3.70. The molecule has 0 saturated heterocycles. The third-order valence-electron chi connectivity index (χ3n) is 3.70. The third kappa shape index (κ3) is 3.15. The monoisotopic (exact) mass is 320 g/mol. The number of fused-ring (bicyclic) bond motifs is 1. The molecule has 1 heterocycles. The van der Waals surface area contributed by atoms with Crippen LogP contribution in [0.4, 0.5) is 10.5 Å². The number of amides is 1. The topological polar surface area (TPSA) is 93.1 Å². The van der Waals surface area contributed by atoms with Crippen LogP contribution in [-0.2, 0) is 13.6 Å². The molecule has 120 valence electrons. The van der Waals surface area contributed by atoms with Gasteiger partial charge >= 0.3 is 6.09 Å². The number of aryl methyl sites for hydroxylation is 1. The number of hydrogen-bond donors (Lipinski definition) is 2. The SMILES string of the molecule is Cn1cc(OC(=O)NCc2ccc(C#N)cc2)c2ccc(N)cc21. The van der Waals surface area contributed by atoms with Gasteiger partial charge in [-0.2, -0.15) is 5.26 Å². The van der Waals surface area contributed by atoms with E-state index >= 15 is 0 Å². The molecule has 0 unspecified atom stereocenters. The van der Waals surface area contributed by atoms with Gasteiger partial charge in [0.1, 0.15) is 0 Å². The van der Waals surface area contributed by atoms with Gasteiger partial charge in [-0.1, -0.05) is 12.1 Å². The lowest BCUT2D eigenvalue weighted by molar-refractivity contribution is 0.200. The lowest BCUT2D eigenvalue weighted by Crippen LogP contribution is -2.26. The largest absolute Gasteiger partial charge is 0.412 e. The summed E-state index contributed by atoms with van der Waals surface area (Å²) in [6, 6.07) is 14.5. The van der Waals surface area contributed by atoms with Gasteiger partial charge in [0.2, 0.25) is 0 Å². The Morgan fingerprint density at radius 1 is 1.29 bits per heavy atom. The van der Waals surface area contributed by atoms with Crippen molar-refractivity contribution in [1.82, 2.24) is 9.88 Å². The van der Waals surface area contributed by atoms with E-state index in [0.717, 1.165) is 16.5 Å². The smallest absolute Gasteiger partial charge is 0.408 e. The molecule has 0 aliphatic carbocycles. The van der Waals surface area contributed by atoms with E-state index in [2.05, 4.69) is 11.4 Å². The van der Waals surface area contributed by atoms with Gasteiger partial charge in [0, 0.05) is 30.9 Å². The Bertz CT molecular complexity index is 936. The number of nitriles is 1. The fraction of sp³-hybridized carbons (Fsp3) is 0.111. The van der Waals surface area contributed by atoms with Gasteiger partial charge in [-0.3, -0.25) is 0 Å². The lowest BCUT2D eigenvalue weighted by Gasteiger charge is -2.06. The molecule has 3 N–H and O–H groups in total. The molecule has 0 radical (unpaired) electrons. The van der Waals surface area contributed by atoms with Crippen molar-refractivity contribution in [3.8, 4) is 11.8 Å². The predicted molar refractivity (Wildman–Crippen MR) is 91.4 cm³/mol. The maximum Gasteiger partial charge on any atom is 0.412 e. The van der Waals surface area contributed by atoms with Crippen LogP contribution in [0.15, 0.2) is 48.7 Å². The number of nitrogens with two attached hydrogens (primary N) is 1. The summed E-state index contributed by atoms with van der Waals surface area (Å²) >= 11 is 0. The number of nitrogens with one attached hydrogen (secondary N) is 1. The number of hydrogen-bond acceptors (Lipinski definition) is 4. The summed E-state index contributed by atoms with van der Waals surface area (Å²) in [6.07, 6.45) is 1.20. The molecular weight excluding hydrogens is 304 g/mol. The number of nitrogen functional groups attached to an aromatic ring is 1. The molecule has 6 nitrogen and oxygen atoms in total. The van der Waals surface area contributed by atoms with Crippen molar-refractivity contribution in [3.63, 3.8) is 0 Å². The van der Waals surface area contributed by atoms with Crippen LogP contribution in [0, 0.1) is 11.3 Å². The average molecular weight is 320 g/mol. The van der Waals surface area contributed by atoms with Crippen molar-refractivity contribution in [1.29, 1.82) is 5.26 Å². The fourth-order valence-electron chi connectivity index (χ4n) is 2.45. The van der Waals surface area contributed by atoms with E-state index in [1.54, 1.807) is 36.5 Å². The molecule has 1 amide bonds. The van der Waals surface area contributed by atoms with E-state index in [9.17, 15) is 4.79 Å². The average Bonchev–Trinajstić information content (AvgIpc) is 2.88. The number of benzene rings is 2. The zero-order valence-electron chi connectivity index (χ0n) is 13.1. The number of nitrogens with zero attached hydrogens (tertiary/aromatic N) is 2. The second-order valence-corrected chi connectivity index (χ2v) is 5.43. The summed E-state index contributed by atoms with van der Waals surface area (Å²) in [7, 11) is 1.86. The summed E-state index contributed by atoms with van der Waals surface area (Å²) in [4.78, 5) is 12.0. The number of ether oxygens (including phenoxy) is 1. The molecule has 0 saturated carbocycles. The molecule has 0 aliphatic heterocycles. The summed E-state index contributed by atoms with van der Waals surface area (Å²) in [5.74, 6) is 0.477. The highest BCUT2D eigenvalue weighted by atomic mass is 16.6. The summed E-state index contributed by atoms with van der Waals surface area (Å²) in [6.45, 7) is 0.322. The highest BCUT2D eigenvalue weighted by molar-refractivity contribution is 5.91. The number of carbonyl (C=O) groups is 1. The Balaban J connectivity index is 1.67. The molecule has 6 heteroatoms. The second-order valence-electron chi connectivity index (χ2n) is 5.43. The van der Waals surface area contributed by atoms with E-state index in [1.165, 1.54) is 0 Å². The van der Waals surface area contributed by atoms with Gasteiger partial charge in [0.25, 0.3) is 0 Å². The van der Waals surface area contributed by atoms with Crippen LogP contribution in [-0.4, -0.2) is 10.7 Å². The van der Waals surface area contributed by atoms with Crippen molar-refractivity contribution >= 4 is 22.7 Å². The van der Waals surface area contributed by atoms with Crippen LogP contribution in [0.1, 0.15) is 11.1 Å². The molecule has 0 bridgehead atoms. The van der Waals surface area contributed by atoms with Gasteiger partial charge in [-0.15, -0.1) is 0 Å². The van der Waals surface area contributed by atoms with Crippen molar-refractivity contribution in [2.45, 2.75) is 6.54 Å². The van der Waals surface area contributed by atoms with Gasteiger partial charge in [-0.25, -0.2) is 4.79 Å². The Morgan fingerprint density at radius 2 is 2.04 bits per heavy atom. The first-order chi connectivity index (χ1) is 11.6. The maximum absolute atomic E-state index is 12.0. The van der Waals surface area contributed by atoms with E-state index in [-0.39, 0.29) is 0 Å². The molecule has 0 aliphatic rings. The van der Waals surface area contributed by atoms with Crippen molar-refractivity contribution in [2.24, 2.45) is 7.05 Å². The van der Waals surface area contributed by atoms with Gasteiger partial charge in [0.15, 0.2) is 5.75 Å². The molecule has 2 aromatic carbocycles. The van der Waals surface area contributed by atoms with E-state index < -0.39 is 6.09 Å². The van der Waals surface area contributed by atoms with Crippen LogP contribution < -0.4 is 15.8 Å². The zero-order valence-corrected chi connectivity index (χ0v) is 13.1. The first-order valence-corrected chi connectivity index (χ1v) is 7.36. The van der Waals surface area contributed by atoms with Gasteiger partial charge in [0.05, 0.1) is 17.1 Å². The number of carbonyl (C=O) groups excluding carboxylic acids is 1. The van der Waals surface area contributed by atoms with Gasteiger partial charge in [-0.05, 0) is 35.9 Å². The van der Waals surface area contributed by atoms with Gasteiger partial charge < -0.3 is 20.4 Å². The fourth-order valence-corrected chi connectivity index (χ4v) is 2.45. The molecule has 0 atom stereocenters. The predicted octanol–water partition coefficient (Wildman–Crippen LogP) is 2.92. The van der Waals surface area contributed by atoms with Crippen molar-refractivity contribution in [3.05, 3.63) is 59.8 Å². The number of anilines is 1. The van der Waals surface area contributed by atoms with Crippen LogP contribution in [0.25, 0.3) is 10.9 Å². The maximum atomic E-state index is 12.0. The molecule has 3 rings (SSSR count). The van der Waals surface area contributed by atoms with E-state index in [0.29, 0.717) is 23.5 Å². The Kier molecular flexibility index (Phi) is 4.08. The number of aromatic nitrogens is 1. The zero-order chi connectivity index (χ0) is 17.1. The minimum Gasteiger partial charge on any atom is -0.408 e. The molecule has 0 spiro atoms. The first-order valence-electron chi connectivity index (χ1n) is 7.36. The highest BCUT2D eigenvalue weighted by Gasteiger charge is 2.12. The highest BCUT2D eigenvalue weighted by Crippen LogP contribution is 2.29. The molecule has 0 fully saturated rings. The summed E-state index contributed by atoms with van der Waals surface area (Å²) in [5.41, 5.74) is 8.79. The van der Waals surface area contributed by atoms with Crippen LogP contribution in [0.2, 0.25) is 0 Å². The normalized spacial score (nSPS) is 10.3. The Hall–Kier alpha value is -3.46. The first kappa shape index (κ1) is 15.4. The van der Waals surface area contributed by atoms with Crippen molar-refractivity contribution in [2.75, 3.05) is 5.73 Å². The minimum absolute atomic E-state index is 0.322. The van der Waals surface area contributed by atoms with E-state index in [4.69, 9.17) is 15.7 Å². The molecule has 24 heavy (non-hydrogen) atoms. The Labute approximate surface area is 139 Å². The van der Waals surface area contributed by atoms with Crippen LogP contribution in [0.3, 0.4) is 0 Å². The summed E-state index contributed by atoms with van der Waals surface area (Å²) < 4.78 is 7.25.